The first-order valence-corrected chi connectivity index (χ1v) is 10.3. The van der Waals surface area contributed by atoms with Crippen LogP contribution in [-0.2, 0) is 20.8 Å². The highest BCUT2D eigenvalue weighted by atomic mass is 16.7. The van der Waals surface area contributed by atoms with E-state index in [4.69, 9.17) is 19.3 Å². The van der Waals surface area contributed by atoms with E-state index in [-0.39, 0.29) is 0 Å². The lowest BCUT2D eigenvalue weighted by molar-refractivity contribution is -0.301. The van der Waals surface area contributed by atoms with Crippen LogP contribution in [0.2, 0.25) is 0 Å². The molecule has 1 saturated heterocycles. The molecule has 7 nitrogen and oxygen atoms in total. The van der Waals surface area contributed by atoms with Gasteiger partial charge in [0.15, 0.2) is 6.29 Å². The maximum absolute atomic E-state index is 9.88. The zero-order valence-electron chi connectivity index (χ0n) is 16.8. The van der Waals surface area contributed by atoms with E-state index in [0.29, 0.717) is 13.2 Å². The lowest BCUT2D eigenvalue weighted by atomic mass is 9.99. The Morgan fingerprint density at radius 2 is 1.59 bits per heavy atom. The van der Waals surface area contributed by atoms with Crippen molar-refractivity contribution in [2.45, 2.75) is 69.4 Å². The second-order valence-electron chi connectivity index (χ2n) is 7.22. The van der Waals surface area contributed by atoms with Crippen molar-refractivity contribution < 1.29 is 34.6 Å². The van der Waals surface area contributed by atoms with E-state index in [9.17, 15) is 15.3 Å². The van der Waals surface area contributed by atoms with E-state index >= 15 is 0 Å². The van der Waals surface area contributed by atoms with E-state index in [1.807, 2.05) is 18.2 Å². The smallest absolute Gasteiger partial charge is 0.186 e. The Labute approximate surface area is 172 Å². The summed E-state index contributed by atoms with van der Waals surface area (Å²) in [6.07, 6.45) is 2.84. The average Bonchev–Trinajstić information content (AvgIpc) is 2.75. The summed E-state index contributed by atoms with van der Waals surface area (Å²) in [6.45, 7) is 1.31. The molecule has 0 aromatic heterocycles. The van der Waals surface area contributed by atoms with Crippen molar-refractivity contribution in [3.63, 3.8) is 0 Å². The molecule has 1 aromatic carbocycles. The van der Waals surface area contributed by atoms with Crippen molar-refractivity contribution in [3.05, 3.63) is 48.0 Å². The van der Waals surface area contributed by atoms with Gasteiger partial charge in [0.05, 0.1) is 19.8 Å². The van der Waals surface area contributed by atoms with Gasteiger partial charge in [0.25, 0.3) is 0 Å². The van der Waals surface area contributed by atoms with Crippen LogP contribution in [0.15, 0.2) is 42.5 Å². The molecule has 0 bridgehead atoms. The van der Waals surface area contributed by atoms with Crippen molar-refractivity contribution >= 4 is 0 Å². The van der Waals surface area contributed by atoms with E-state index in [1.54, 1.807) is 0 Å². The van der Waals surface area contributed by atoms with Crippen molar-refractivity contribution in [2.24, 2.45) is 0 Å². The lowest BCUT2D eigenvalue weighted by Crippen LogP contribution is -2.59. The normalized spacial score (nSPS) is 27.5. The Morgan fingerprint density at radius 3 is 2.31 bits per heavy atom. The average molecular weight is 411 g/mol. The van der Waals surface area contributed by atoms with Gasteiger partial charge in [-0.2, -0.15) is 0 Å². The fourth-order valence-electron chi connectivity index (χ4n) is 3.07. The summed E-state index contributed by atoms with van der Waals surface area (Å²) in [4.78, 5) is 0. The largest absolute Gasteiger partial charge is 0.394 e. The highest BCUT2D eigenvalue weighted by molar-refractivity contribution is 5.13. The second kappa shape index (κ2) is 13.8. The summed E-state index contributed by atoms with van der Waals surface area (Å²) in [5.41, 5.74) is 1.19. The van der Waals surface area contributed by atoms with Crippen LogP contribution >= 0.6 is 0 Å². The van der Waals surface area contributed by atoms with E-state index in [2.05, 4.69) is 24.3 Å². The zero-order chi connectivity index (χ0) is 20.9. The third kappa shape index (κ3) is 8.52. The summed E-state index contributed by atoms with van der Waals surface area (Å²) in [6, 6.07) is 10.1. The van der Waals surface area contributed by atoms with Gasteiger partial charge in [-0.1, -0.05) is 42.5 Å². The molecule has 164 valence electrons. The van der Waals surface area contributed by atoms with Gasteiger partial charge in [-0.3, -0.25) is 0 Å². The number of aliphatic hydroxyl groups excluding tert-OH is 4. The molecule has 1 fully saturated rings. The molecule has 0 radical (unpaired) electrons. The summed E-state index contributed by atoms with van der Waals surface area (Å²) >= 11 is 0. The van der Waals surface area contributed by atoms with E-state index in [0.717, 1.165) is 38.7 Å². The molecule has 1 aliphatic heterocycles. The molecule has 0 aliphatic carbocycles. The summed E-state index contributed by atoms with van der Waals surface area (Å²) in [5, 5.41) is 38.5. The monoisotopic (exact) mass is 410 g/mol. The van der Waals surface area contributed by atoms with Crippen LogP contribution in [0.25, 0.3) is 0 Å². The predicted octanol–water partition coefficient (Wildman–Crippen LogP) is 1.53. The van der Waals surface area contributed by atoms with Crippen LogP contribution in [0, 0.1) is 0 Å². The first-order valence-electron chi connectivity index (χ1n) is 10.3. The van der Waals surface area contributed by atoms with Crippen LogP contribution < -0.4 is 0 Å². The Hall–Kier alpha value is -1.32. The molecule has 1 aromatic rings. The lowest BCUT2D eigenvalue weighted by Gasteiger charge is -2.39. The molecule has 1 aliphatic rings. The Kier molecular flexibility index (Phi) is 11.4. The van der Waals surface area contributed by atoms with Gasteiger partial charge in [-0.15, -0.1) is 0 Å². The molecule has 1 heterocycles. The highest BCUT2D eigenvalue weighted by Gasteiger charge is 2.43. The van der Waals surface area contributed by atoms with Gasteiger partial charge in [0, 0.05) is 6.61 Å². The molecule has 0 spiro atoms. The molecule has 7 heteroatoms. The zero-order valence-corrected chi connectivity index (χ0v) is 16.8. The molecule has 0 unspecified atom stereocenters. The number of aliphatic hydroxyl groups is 4. The van der Waals surface area contributed by atoms with Gasteiger partial charge in [-0.25, -0.2) is 0 Å². The molecule has 2 rings (SSSR count). The number of rotatable bonds is 13. The van der Waals surface area contributed by atoms with Crippen LogP contribution in [0.3, 0.4) is 0 Å². The topological polar surface area (TPSA) is 109 Å². The number of ether oxygens (including phenoxy) is 3. The van der Waals surface area contributed by atoms with Gasteiger partial charge in [0.2, 0.25) is 0 Å². The SMILES string of the molecule is OC[C@H]1O[C@H](OCCC/C=C/CCCCOCc2ccccc2)[C@@H](O)[C@@H](O)[C@@H]1O. The van der Waals surface area contributed by atoms with Crippen molar-refractivity contribution in [1.29, 1.82) is 0 Å². The molecular weight excluding hydrogens is 376 g/mol. The molecule has 0 saturated carbocycles. The van der Waals surface area contributed by atoms with Gasteiger partial charge in [0.1, 0.15) is 24.4 Å². The maximum atomic E-state index is 9.88. The van der Waals surface area contributed by atoms with Crippen LogP contribution in [0.5, 0.6) is 0 Å². The minimum Gasteiger partial charge on any atom is -0.394 e. The number of allylic oxidation sites excluding steroid dienone is 2. The molecule has 4 N–H and O–H groups in total. The standard InChI is InChI=1S/C22H34O7/c23-15-18-19(24)20(25)21(26)22(29-18)28-14-10-5-3-1-2-4-9-13-27-16-17-11-7-6-8-12-17/h1,3,6-8,11-12,18-26H,2,4-5,9-10,13-16H2/b3-1+/t18-,19-,20+,21+,22+/m1/s1. The van der Waals surface area contributed by atoms with Gasteiger partial charge < -0.3 is 34.6 Å². The fourth-order valence-corrected chi connectivity index (χ4v) is 3.07. The Bertz CT molecular complexity index is 564. The number of hydrogen-bond acceptors (Lipinski definition) is 7. The van der Waals surface area contributed by atoms with Crippen LogP contribution in [0.1, 0.15) is 37.7 Å². The predicted molar refractivity (Wildman–Crippen MR) is 108 cm³/mol. The van der Waals surface area contributed by atoms with Gasteiger partial charge >= 0.3 is 0 Å². The third-order valence-corrected chi connectivity index (χ3v) is 4.83. The third-order valence-electron chi connectivity index (χ3n) is 4.83. The molecular formula is C22H34O7. The summed E-state index contributed by atoms with van der Waals surface area (Å²) in [7, 11) is 0. The van der Waals surface area contributed by atoms with Gasteiger partial charge in [-0.05, 0) is 37.7 Å². The Balaban J connectivity index is 1.45. The van der Waals surface area contributed by atoms with E-state index in [1.165, 1.54) is 5.56 Å². The van der Waals surface area contributed by atoms with Crippen LogP contribution in [0.4, 0.5) is 0 Å². The van der Waals surface area contributed by atoms with Crippen molar-refractivity contribution in [2.75, 3.05) is 19.8 Å². The van der Waals surface area contributed by atoms with Crippen molar-refractivity contribution in [3.8, 4) is 0 Å². The minimum atomic E-state index is -1.40. The maximum Gasteiger partial charge on any atom is 0.186 e. The highest BCUT2D eigenvalue weighted by Crippen LogP contribution is 2.22. The number of hydrogen-bond donors (Lipinski definition) is 4. The summed E-state index contributed by atoms with van der Waals surface area (Å²) < 4.78 is 16.4. The minimum absolute atomic E-state index is 0.348. The Morgan fingerprint density at radius 1 is 0.862 bits per heavy atom. The first-order chi connectivity index (χ1) is 14.1. The molecule has 0 amide bonds. The van der Waals surface area contributed by atoms with Crippen molar-refractivity contribution in [1.82, 2.24) is 0 Å². The molecule has 5 atom stereocenters. The molecule has 29 heavy (non-hydrogen) atoms. The fraction of sp³-hybridized carbons (Fsp3) is 0.636. The first kappa shape index (κ1) is 24.0. The summed E-state index contributed by atoms with van der Waals surface area (Å²) in [5.74, 6) is 0. The number of unbranched alkanes of at least 4 members (excludes halogenated alkanes) is 3. The van der Waals surface area contributed by atoms with Crippen LogP contribution in [-0.4, -0.2) is 71.0 Å². The van der Waals surface area contributed by atoms with E-state index < -0.39 is 37.3 Å². The number of benzene rings is 1. The second-order valence-corrected chi connectivity index (χ2v) is 7.22. The quantitative estimate of drug-likeness (QED) is 0.288.